The molecular formula is C47H27N3O. The van der Waals surface area contributed by atoms with Crippen LogP contribution < -0.4 is 4.74 Å². The number of nitrogens with zero attached hydrogens (tertiary/aromatic N) is 3. The van der Waals surface area contributed by atoms with Crippen molar-refractivity contribution in [3.63, 3.8) is 0 Å². The van der Waals surface area contributed by atoms with Crippen molar-refractivity contribution in [2.45, 2.75) is 0 Å². The maximum Gasteiger partial charge on any atom is 0.164 e. The molecule has 0 N–H and O–H groups in total. The van der Waals surface area contributed by atoms with Gasteiger partial charge in [0.05, 0.1) is 0 Å². The molecule has 0 radical (unpaired) electrons. The quantitative estimate of drug-likeness (QED) is 0.178. The minimum Gasteiger partial charge on any atom is -0.456 e. The van der Waals surface area contributed by atoms with E-state index < -0.39 is 0 Å². The molecule has 11 rings (SSSR count). The van der Waals surface area contributed by atoms with Crippen LogP contribution in [0, 0.1) is 0 Å². The van der Waals surface area contributed by atoms with Crippen LogP contribution in [0.4, 0.5) is 0 Å². The molecule has 51 heavy (non-hydrogen) atoms. The summed E-state index contributed by atoms with van der Waals surface area (Å²) in [4.78, 5) is 15.5. The molecule has 0 fully saturated rings. The summed E-state index contributed by atoms with van der Waals surface area (Å²) in [7, 11) is 0. The van der Waals surface area contributed by atoms with Crippen molar-refractivity contribution in [2.24, 2.45) is 0 Å². The molecule has 2 heterocycles. The first-order chi connectivity index (χ1) is 25.3. The summed E-state index contributed by atoms with van der Waals surface area (Å²) < 4.78 is 6.65. The molecule has 0 atom stereocenters. The lowest BCUT2D eigenvalue weighted by atomic mass is 9.92. The van der Waals surface area contributed by atoms with E-state index >= 15 is 0 Å². The van der Waals surface area contributed by atoms with E-state index in [1.165, 1.54) is 38.1 Å². The zero-order chi connectivity index (χ0) is 33.5. The summed E-state index contributed by atoms with van der Waals surface area (Å²) >= 11 is 0. The molecule has 1 aromatic heterocycles. The van der Waals surface area contributed by atoms with E-state index in [1.54, 1.807) is 0 Å². The number of aromatic nitrogens is 3. The number of hydrogen-bond acceptors (Lipinski definition) is 4. The van der Waals surface area contributed by atoms with Crippen LogP contribution in [0.5, 0.6) is 11.5 Å². The average Bonchev–Trinajstić information content (AvgIpc) is 3.20. The third-order valence-corrected chi connectivity index (χ3v) is 10.3. The molecule has 236 valence electrons. The van der Waals surface area contributed by atoms with Crippen LogP contribution in [-0.4, -0.2) is 15.0 Å². The summed E-state index contributed by atoms with van der Waals surface area (Å²) in [6, 6.07) is 57.4. The van der Waals surface area contributed by atoms with Gasteiger partial charge in [0.25, 0.3) is 0 Å². The normalized spacial score (nSPS) is 12.1. The molecule has 0 amide bonds. The molecule has 0 spiro atoms. The maximum absolute atomic E-state index is 6.65. The Morgan fingerprint density at radius 2 is 0.863 bits per heavy atom. The van der Waals surface area contributed by atoms with Crippen molar-refractivity contribution >= 4 is 53.9 Å². The first-order valence-corrected chi connectivity index (χ1v) is 17.2. The van der Waals surface area contributed by atoms with E-state index in [2.05, 4.69) is 133 Å². The highest BCUT2D eigenvalue weighted by Gasteiger charge is 2.22. The highest BCUT2D eigenvalue weighted by atomic mass is 16.5. The van der Waals surface area contributed by atoms with Crippen LogP contribution in [0.2, 0.25) is 0 Å². The molecule has 0 aliphatic carbocycles. The van der Waals surface area contributed by atoms with Crippen LogP contribution in [-0.2, 0) is 0 Å². The molecule has 1 aliphatic rings. The van der Waals surface area contributed by atoms with Crippen molar-refractivity contribution in [1.29, 1.82) is 0 Å². The van der Waals surface area contributed by atoms with Gasteiger partial charge in [0.1, 0.15) is 11.5 Å². The third-order valence-electron chi connectivity index (χ3n) is 10.3. The summed E-state index contributed by atoms with van der Waals surface area (Å²) in [5.41, 5.74) is 5.14. The SMILES string of the molecule is c1ccc(-c2nc(-c3cc4c5c(ccc6ccc7cccc(c7c65)O4)c3)nc(-c3cccc4c(-c5cccc6ccccc56)cccc34)n2)cc1. The first-order valence-electron chi connectivity index (χ1n) is 17.2. The lowest BCUT2D eigenvalue weighted by molar-refractivity contribution is 0.493. The summed E-state index contributed by atoms with van der Waals surface area (Å²) in [5, 5.41) is 11.7. The molecule has 4 nitrogen and oxygen atoms in total. The smallest absolute Gasteiger partial charge is 0.164 e. The van der Waals surface area contributed by atoms with Gasteiger partial charge >= 0.3 is 0 Å². The fourth-order valence-electron chi connectivity index (χ4n) is 7.94. The van der Waals surface area contributed by atoms with Crippen molar-refractivity contribution in [3.8, 4) is 56.8 Å². The molecule has 4 heteroatoms. The zero-order valence-electron chi connectivity index (χ0n) is 27.3. The summed E-state index contributed by atoms with van der Waals surface area (Å²) in [6.45, 7) is 0. The van der Waals surface area contributed by atoms with Gasteiger partial charge in [0.15, 0.2) is 17.5 Å². The number of benzene rings is 9. The molecule has 10 aromatic rings. The van der Waals surface area contributed by atoms with Crippen molar-refractivity contribution in [3.05, 3.63) is 164 Å². The third kappa shape index (κ3) is 4.30. The predicted octanol–water partition coefficient (Wildman–Crippen LogP) is 12.4. The zero-order valence-corrected chi connectivity index (χ0v) is 27.3. The largest absolute Gasteiger partial charge is 0.456 e. The van der Waals surface area contributed by atoms with E-state index in [0.717, 1.165) is 55.1 Å². The van der Waals surface area contributed by atoms with E-state index in [-0.39, 0.29) is 0 Å². The van der Waals surface area contributed by atoms with Gasteiger partial charge in [-0.25, -0.2) is 15.0 Å². The molecule has 0 saturated heterocycles. The molecule has 9 aromatic carbocycles. The standard InChI is InChI=1S/C47H27N3O/c1-2-11-31(12-3-1)45-48-46(33-26-32-25-24-30-23-22-29-14-7-21-40-42(29)44(30)43(32)41(27-33)51-40)50-47(49-45)39-20-9-18-37-36(17-8-19-38(37)39)35-16-6-13-28-10-4-5-15-34(28)35/h1-27H. The molecule has 0 unspecified atom stereocenters. The minimum absolute atomic E-state index is 0.597. The Morgan fingerprint density at radius 3 is 1.71 bits per heavy atom. The summed E-state index contributed by atoms with van der Waals surface area (Å²) in [6.07, 6.45) is 0. The van der Waals surface area contributed by atoms with Crippen LogP contribution in [0.15, 0.2) is 164 Å². The Hall–Kier alpha value is -6.91. The Bertz CT molecular complexity index is 3060. The predicted molar refractivity (Wildman–Crippen MR) is 209 cm³/mol. The number of ether oxygens (including phenoxy) is 1. The Morgan fingerprint density at radius 1 is 0.314 bits per heavy atom. The van der Waals surface area contributed by atoms with Crippen molar-refractivity contribution < 1.29 is 4.74 Å². The van der Waals surface area contributed by atoms with Gasteiger partial charge in [0, 0.05) is 32.8 Å². The fourth-order valence-corrected chi connectivity index (χ4v) is 7.94. The topological polar surface area (TPSA) is 47.9 Å². The van der Waals surface area contributed by atoms with E-state index in [1.807, 2.05) is 30.3 Å². The molecular weight excluding hydrogens is 623 g/mol. The number of fused-ring (bicyclic) bond motifs is 2. The highest BCUT2D eigenvalue weighted by Crippen LogP contribution is 2.48. The average molecular weight is 650 g/mol. The maximum atomic E-state index is 6.65. The highest BCUT2D eigenvalue weighted by molar-refractivity contribution is 6.25. The molecule has 1 aliphatic heterocycles. The molecule has 0 bridgehead atoms. The van der Waals surface area contributed by atoms with Gasteiger partial charge in [-0.1, -0.05) is 146 Å². The second-order valence-electron chi connectivity index (χ2n) is 13.2. The van der Waals surface area contributed by atoms with Gasteiger partial charge < -0.3 is 4.74 Å². The van der Waals surface area contributed by atoms with Crippen LogP contribution in [0.25, 0.3) is 99.2 Å². The van der Waals surface area contributed by atoms with E-state index in [4.69, 9.17) is 19.7 Å². The second-order valence-corrected chi connectivity index (χ2v) is 13.2. The van der Waals surface area contributed by atoms with Crippen molar-refractivity contribution in [2.75, 3.05) is 0 Å². The van der Waals surface area contributed by atoms with Gasteiger partial charge in [0.2, 0.25) is 0 Å². The van der Waals surface area contributed by atoms with E-state index in [9.17, 15) is 0 Å². The molecule has 0 saturated carbocycles. The first kappa shape index (κ1) is 28.0. The van der Waals surface area contributed by atoms with Crippen LogP contribution in [0.3, 0.4) is 0 Å². The number of hydrogen-bond donors (Lipinski definition) is 0. The second kappa shape index (κ2) is 10.8. The van der Waals surface area contributed by atoms with Gasteiger partial charge in [-0.3, -0.25) is 0 Å². The number of rotatable bonds is 4. The van der Waals surface area contributed by atoms with Crippen LogP contribution in [0.1, 0.15) is 0 Å². The minimum atomic E-state index is 0.597. The Labute approximate surface area is 293 Å². The van der Waals surface area contributed by atoms with Gasteiger partial charge in [-0.05, 0) is 67.0 Å². The Kier molecular flexibility index (Phi) is 5.92. The fraction of sp³-hybridized carbons (Fsp3) is 0. The van der Waals surface area contributed by atoms with Crippen LogP contribution >= 0.6 is 0 Å². The Balaban J connectivity index is 1.14. The van der Waals surface area contributed by atoms with Gasteiger partial charge in [-0.2, -0.15) is 0 Å². The lowest BCUT2D eigenvalue weighted by Crippen LogP contribution is -2.01. The summed E-state index contributed by atoms with van der Waals surface area (Å²) in [5.74, 6) is 3.53. The lowest BCUT2D eigenvalue weighted by Gasteiger charge is -2.21. The van der Waals surface area contributed by atoms with E-state index in [0.29, 0.717) is 17.5 Å². The monoisotopic (exact) mass is 649 g/mol. The van der Waals surface area contributed by atoms with Gasteiger partial charge in [-0.15, -0.1) is 0 Å². The van der Waals surface area contributed by atoms with Crippen molar-refractivity contribution in [1.82, 2.24) is 15.0 Å².